The number of para-hydroxylation sites is 1. The van der Waals surface area contributed by atoms with Gasteiger partial charge >= 0.3 is 0 Å². The molecular formula is C22H26N4O2. The van der Waals surface area contributed by atoms with Gasteiger partial charge in [0.05, 0.1) is 6.54 Å². The van der Waals surface area contributed by atoms with E-state index in [0.29, 0.717) is 30.8 Å². The number of anilines is 1. The Bertz CT molecular complexity index is 1020. The molecule has 0 aliphatic heterocycles. The number of benzene rings is 2. The van der Waals surface area contributed by atoms with Crippen molar-refractivity contribution in [2.24, 2.45) is 7.05 Å². The first-order valence-electron chi connectivity index (χ1n) is 9.34. The average Bonchev–Trinajstić information content (AvgIpc) is 3.02. The zero-order chi connectivity index (χ0) is 20.3. The SMILES string of the molecule is CCC(=O)NCc1cc(C(=O)N(C)Cc2cc3ccccc3n2C)ccc1N. The summed E-state index contributed by atoms with van der Waals surface area (Å²) in [5.41, 5.74) is 10.1. The molecule has 0 atom stereocenters. The second kappa shape index (κ2) is 8.17. The van der Waals surface area contributed by atoms with Gasteiger partial charge in [0.1, 0.15) is 0 Å². The Balaban J connectivity index is 1.77. The lowest BCUT2D eigenvalue weighted by molar-refractivity contribution is -0.120. The fraction of sp³-hybridized carbons (Fsp3) is 0.273. The number of hydrogen-bond acceptors (Lipinski definition) is 3. The van der Waals surface area contributed by atoms with Crippen LogP contribution in [-0.4, -0.2) is 28.3 Å². The highest BCUT2D eigenvalue weighted by atomic mass is 16.2. The summed E-state index contributed by atoms with van der Waals surface area (Å²) in [5.74, 6) is -0.141. The molecule has 1 aromatic heterocycles. The smallest absolute Gasteiger partial charge is 0.253 e. The first kappa shape index (κ1) is 19.5. The third-order valence-electron chi connectivity index (χ3n) is 4.98. The Labute approximate surface area is 164 Å². The third kappa shape index (κ3) is 4.01. The third-order valence-corrected chi connectivity index (χ3v) is 4.98. The lowest BCUT2D eigenvalue weighted by Crippen LogP contribution is -2.27. The number of nitrogens with two attached hydrogens (primary N) is 1. The van der Waals surface area contributed by atoms with Gasteiger partial charge in [0.2, 0.25) is 5.91 Å². The molecule has 0 aliphatic rings. The van der Waals surface area contributed by atoms with E-state index in [9.17, 15) is 9.59 Å². The molecule has 0 aliphatic carbocycles. The first-order chi connectivity index (χ1) is 13.4. The highest BCUT2D eigenvalue weighted by molar-refractivity contribution is 5.95. The van der Waals surface area contributed by atoms with Crippen LogP contribution in [0.3, 0.4) is 0 Å². The Morgan fingerprint density at radius 1 is 1.14 bits per heavy atom. The van der Waals surface area contributed by atoms with Crippen LogP contribution in [0.5, 0.6) is 0 Å². The van der Waals surface area contributed by atoms with E-state index < -0.39 is 0 Å². The van der Waals surface area contributed by atoms with Gasteiger partial charge in [-0.2, -0.15) is 0 Å². The Hall–Kier alpha value is -3.28. The van der Waals surface area contributed by atoms with Gasteiger partial charge in [-0.15, -0.1) is 0 Å². The van der Waals surface area contributed by atoms with Crippen molar-refractivity contribution in [3.63, 3.8) is 0 Å². The Morgan fingerprint density at radius 2 is 1.89 bits per heavy atom. The van der Waals surface area contributed by atoms with Crippen molar-refractivity contribution in [2.45, 2.75) is 26.4 Å². The van der Waals surface area contributed by atoms with Crippen molar-refractivity contribution in [1.29, 1.82) is 0 Å². The van der Waals surface area contributed by atoms with Crippen LogP contribution in [-0.2, 0) is 24.9 Å². The van der Waals surface area contributed by atoms with Gasteiger partial charge in [-0.1, -0.05) is 25.1 Å². The molecule has 6 nitrogen and oxygen atoms in total. The second-order valence-electron chi connectivity index (χ2n) is 6.96. The quantitative estimate of drug-likeness (QED) is 0.647. The van der Waals surface area contributed by atoms with Crippen LogP contribution in [0.2, 0.25) is 0 Å². The number of aromatic nitrogens is 1. The van der Waals surface area contributed by atoms with Crippen molar-refractivity contribution >= 4 is 28.4 Å². The molecule has 3 N–H and O–H groups in total. The number of carbonyl (C=O) groups is 2. The number of rotatable bonds is 6. The first-order valence-corrected chi connectivity index (χ1v) is 9.34. The summed E-state index contributed by atoms with van der Waals surface area (Å²) in [6, 6.07) is 15.4. The van der Waals surface area contributed by atoms with Crippen LogP contribution in [0.15, 0.2) is 48.5 Å². The summed E-state index contributed by atoms with van der Waals surface area (Å²) in [5, 5.41) is 3.95. The molecule has 0 saturated heterocycles. The van der Waals surface area contributed by atoms with Crippen LogP contribution in [0.4, 0.5) is 5.69 Å². The fourth-order valence-corrected chi connectivity index (χ4v) is 3.24. The summed E-state index contributed by atoms with van der Waals surface area (Å²) in [6.07, 6.45) is 0.409. The van der Waals surface area contributed by atoms with Crippen molar-refractivity contribution in [1.82, 2.24) is 14.8 Å². The monoisotopic (exact) mass is 378 g/mol. The maximum atomic E-state index is 12.9. The van der Waals surface area contributed by atoms with Crippen LogP contribution >= 0.6 is 0 Å². The molecule has 6 heteroatoms. The van der Waals surface area contributed by atoms with Gasteiger partial charge in [-0.3, -0.25) is 9.59 Å². The summed E-state index contributed by atoms with van der Waals surface area (Å²) in [4.78, 5) is 26.1. The van der Waals surface area contributed by atoms with Crippen LogP contribution in [0, 0.1) is 0 Å². The van der Waals surface area contributed by atoms with E-state index in [1.807, 2.05) is 19.2 Å². The number of nitrogen functional groups attached to an aromatic ring is 1. The maximum Gasteiger partial charge on any atom is 0.253 e. The van der Waals surface area contributed by atoms with Crippen molar-refractivity contribution in [3.8, 4) is 0 Å². The molecule has 0 radical (unpaired) electrons. The molecule has 0 saturated carbocycles. The lowest BCUT2D eigenvalue weighted by atomic mass is 10.1. The highest BCUT2D eigenvalue weighted by Gasteiger charge is 2.16. The zero-order valence-corrected chi connectivity index (χ0v) is 16.5. The molecule has 2 aromatic carbocycles. The number of hydrogen-bond donors (Lipinski definition) is 2. The van der Waals surface area contributed by atoms with Crippen molar-refractivity contribution in [2.75, 3.05) is 12.8 Å². The number of nitrogens with zero attached hydrogens (tertiary/aromatic N) is 2. The van der Waals surface area contributed by atoms with Crippen LogP contribution in [0.25, 0.3) is 10.9 Å². The van der Waals surface area contributed by atoms with Gasteiger partial charge < -0.3 is 20.5 Å². The van der Waals surface area contributed by atoms with Gasteiger partial charge in [-0.25, -0.2) is 0 Å². The van der Waals surface area contributed by atoms with E-state index in [1.165, 1.54) is 0 Å². The Morgan fingerprint density at radius 3 is 2.61 bits per heavy atom. The van der Waals surface area contributed by atoms with Gasteiger partial charge in [0.25, 0.3) is 5.91 Å². The van der Waals surface area contributed by atoms with E-state index in [2.05, 4.69) is 28.1 Å². The number of carbonyl (C=O) groups excluding carboxylic acids is 2. The minimum atomic E-state index is -0.0895. The van der Waals surface area contributed by atoms with E-state index >= 15 is 0 Å². The van der Waals surface area contributed by atoms with Gasteiger partial charge in [0, 0.05) is 49.5 Å². The number of amides is 2. The summed E-state index contributed by atoms with van der Waals surface area (Å²) in [6.45, 7) is 2.60. The van der Waals surface area contributed by atoms with Crippen molar-refractivity contribution in [3.05, 3.63) is 65.4 Å². The highest BCUT2D eigenvalue weighted by Crippen LogP contribution is 2.21. The Kier molecular flexibility index (Phi) is 5.68. The van der Waals surface area contributed by atoms with Crippen molar-refractivity contribution < 1.29 is 9.59 Å². The van der Waals surface area contributed by atoms with E-state index in [0.717, 1.165) is 22.2 Å². The lowest BCUT2D eigenvalue weighted by Gasteiger charge is -2.19. The average molecular weight is 378 g/mol. The van der Waals surface area contributed by atoms with E-state index in [1.54, 1.807) is 37.1 Å². The molecule has 3 aromatic rings. The molecule has 3 rings (SSSR count). The number of aryl methyl sites for hydroxylation is 1. The molecule has 0 spiro atoms. The summed E-state index contributed by atoms with van der Waals surface area (Å²) in [7, 11) is 3.79. The summed E-state index contributed by atoms with van der Waals surface area (Å²) >= 11 is 0. The van der Waals surface area contributed by atoms with Gasteiger partial charge in [-0.05, 0) is 41.3 Å². The molecule has 0 bridgehead atoms. The van der Waals surface area contributed by atoms with E-state index in [-0.39, 0.29) is 11.8 Å². The molecule has 146 valence electrons. The van der Waals surface area contributed by atoms with E-state index in [4.69, 9.17) is 5.73 Å². The predicted molar refractivity (Wildman–Crippen MR) is 112 cm³/mol. The molecule has 28 heavy (non-hydrogen) atoms. The molecular weight excluding hydrogens is 352 g/mol. The zero-order valence-electron chi connectivity index (χ0n) is 16.5. The predicted octanol–water partition coefficient (Wildman–Crippen LogP) is 3.06. The van der Waals surface area contributed by atoms with Crippen LogP contribution < -0.4 is 11.1 Å². The topological polar surface area (TPSA) is 80.4 Å². The largest absolute Gasteiger partial charge is 0.398 e. The van der Waals surface area contributed by atoms with Gasteiger partial charge in [0.15, 0.2) is 0 Å². The molecule has 0 fully saturated rings. The molecule has 2 amide bonds. The minimum absolute atomic E-state index is 0.0518. The summed E-state index contributed by atoms with van der Waals surface area (Å²) < 4.78 is 2.10. The second-order valence-corrected chi connectivity index (χ2v) is 6.96. The maximum absolute atomic E-state index is 12.9. The fourth-order valence-electron chi connectivity index (χ4n) is 3.24. The number of fused-ring (bicyclic) bond motifs is 1. The van der Waals surface area contributed by atoms with Crippen LogP contribution in [0.1, 0.15) is 35.0 Å². The molecule has 1 heterocycles. The number of nitrogens with one attached hydrogen (secondary N) is 1. The molecule has 0 unspecified atom stereocenters. The normalized spacial score (nSPS) is 10.8. The minimum Gasteiger partial charge on any atom is -0.398 e. The standard InChI is InChI=1S/C22H26N4O2/c1-4-21(27)24-13-17-11-16(9-10-19(17)23)22(28)25(2)14-18-12-15-7-5-6-8-20(15)26(18)3/h5-12H,4,13-14,23H2,1-3H3,(H,24,27).